The zero-order chi connectivity index (χ0) is 79.4. The maximum absolute atomic E-state index is 12.8. The number of unbranched alkanes of at least 4 members (excludes halogenated alkanes) is 3. The lowest BCUT2D eigenvalue weighted by atomic mass is 9.77. The fraction of sp³-hybridized carbons (Fsp3) is 0.616. The highest BCUT2D eigenvalue weighted by molar-refractivity contribution is 9.12. The summed E-state index contributed by atoms with van der Waals surface area (Å²) < 4.78 is 45.8. The second-order valence-electron chi connectivity index (χ2n) is 27.7. The van der Waals surface area contributed by atoms with E-state index in [0.29, 0.717) is 65.5 Å². The number of ether oxygens (including phenoxy) is 9. The molecule has 582 valence electrons. The Bertz CT molecular complexity index is 3180. The van der Waals surface area contributed by atoms with Gasteiger partial charge in [0.25, 0.3) is 0 Å². The molecule has 0 bridgehead atoms. The molecule has 30 heteroatoms. The first-order valence-electron chi connectivity index (χ1n) is 33.5. The first kappa shape index (κ1) is 97.3. The summed E-state index contributed by atoms with van der Waals surface area (Å²) in [5.74, 6) is -2.98. The van der Waals surface area contributed by atoms with Crippen molar-refractivity contribution in [2.45, 2.75) is 171 Å². The number of fused-ring (bicyclic) bond motifs is 6. The Morgan fingerprint density at radius 2 is 0.825 bits per heavy atom. The van der Waals surface area contributed by atoms with Crippen LogP contribution in [-0.4, -0.2) is 198 Å². The third-order valence-corrected chi connectivity index (χ3v) is 19.5. The SMILES string of the molecule is C=C(C)C(=O)OCCCC.CC(C)(Br)C(=O)OCCOC(=O)C(C)(C)Br.CCCCOC(=O)C(C)(Br)CC(C)(C)C(=O)OCCOC(=O)C(C)(C)CC(C)(Br)C(=O)OCCCC.CN(C)CCN(C)CCN(C)C.O=C1OC2(c3ccccc31)c1cc(Br)c(O)c(Br)c1Oc1c2cc(Br)c(O)c1Br. The standard InChI is InChI=1S/C26H44Br2O8.C20H8Br4O5.C10H16Br2O4.C9H23N3.C8H14O2/c1-9-11-13-33-21(31)25(7,27)17-23(3,4)19(29)35-15-16-36-20(30)24(5,6)18-26(8,28)22(32)34-14-12-10-2;21-11-5-9-17(13(23)15(11)25)28-18-10(6-12(22)16(26)14(18)24)20(9)8-4-2-1-3-7(8)19(27)29-20;1-9(2,11)7(13)15-5-6-16-8(14)10(3,4)12;1-10(2)6-8-12(5)9-7-11(3)4;1-4-5-6-10-8(9)7(2)3/h9-18H2,1-8H3;1-6,25-26H;5-6H2,1-4H3;6-9H2,1-5H3;2,4-6H2,1,3H3. The van der Waals surface area contributed by atoms with Gasteiger partial charge in [-0.05, 0) is 225 Å². The van der Waals surface area contributed by atoms with Crippen LogP contribution in [-0.2, 0) is 77.1 Å². The van der Waals surface area contributed by atoms with E-state index in [1.54, 1.807) is 100 Å². The first-order valence-corrected chi connectivity index (χ1v) is 39.8. The molecule has 2 atom stereocenters. The molecular weight excluding hydrogens is 1860 g/mol. The average Bonchev–Trinajstić information content (AvgIpc) is 1.63. The molecule has 2 heterocycles. The van der Waals surface area contributed by atoms with Crippen LogP contribution in [0.5, 0.6) is 23.0 Å². The molecule has 0 amide bonds. The zero-order valence-electron chi connectivity index (χ0n) is 62.8. The quantitative estimate of drug-likeness (QED) is 0.0193. The fourth-order valence-electron chi connectivity index (χ4n) is 9.19. The minimum atomic E-state index is -1.33. The van der Waals surface area contributed by atoms with Gasteiger partial charge < -0.3 is 67.5 Å². The van der Waals surface area contributed by atoms with E-state index < -0.39 is 63.6 Å². The number of carbonyl (C=O) groups is 8. The minimum absolute atomic E-state index is 0.0579. The molecule has 1 spiro atoms. The topological polar surface area (TPSA) is 270 Å². The molecule has 3 aromatic rings. The summed E-state index contributed by atoms with van der Waals surface area (Å²) in [6, 6.07) is 10.5. The highest BCUT2D eigenvalue weighted by atomic mass is 79.9. The van der Waals surface area contributed by atoms with Crippen molar-refractivity contribution in [3.05, 3.63) is 88.7 Å². The van der Waals surface area contributed by atoms with Crippen molar-refractivity contribution in [1.29, 1.82) is 0 Å². The number of nitrogens with zero attached hydrogens (tertiary/aromatic N) is 3. The van der Waals surface area contributed by atoms with Crippen LogP contribution in [0, 0.1) is 10.8 Å². The van der Waals surface area contributed by atoms with Gasteiger partial charge in [0.15, 0.2) is 17.1 Å². The monoisotopic (exact) mass is 1960 g/mol. The normalized spacial score (nSPS) is 13.8. The predicted octanol–water partition coefficient (Wildman–Crippen LogP) is 17.0. The van der Waals surface area contributed by atoms with Gasteiger partial charge in [-0.2, -0.15) is 0 Å². The van der Waals surface area contributed by atoms with Crippen LogP contribution in [0.15, 0.2) is 66.4 Å². The van der Waals surface area contributed by atoms with Gasteiger partial charge >= 0.3 is 47.8 Å². The largest absolute Gasteiger partial charge is 0.505 e. The summed E-state index contributed by atoms with van der Waals surface area (Å²) in [6.45, 7) is 33.6. The lowest BCUT2D eigenvalue weighted by Crippen LogP contribution is -2.40. The van der Waals surface area contributed by atoms with Crippen molar-refractivity contribution in [3.63, 3.8) is 0 Å². The van der Waals surface area contributed by atoms with Crippen LogP contribution in [0.25, 0.3) is 0 Å². The lowest BCUT2D eigenvalue weighted by molar-refractivity contribution is -0.165. The molecule has 2 aliphatic heterocycles. The van der Waals surface area contributed by atoms with E-state index >= 15 is 0 Å². The third-order valence-electron chi connectivity index (χ3n) is 15.0. The number of rotatable bonds is 32. The van der Waals surface area contributed by atoms with Gasteiger partial charge in [0.2, 0.25) is 0 Å². The lowest BCUT2D eigenvalue weighted by Gasteiger charge is -2.37. The molecule has 22 nitrogen and oxygen atoms in total. The molecule has 0 aromatic heterocycles. The van der Waals surface area contributed by atoms with E-state index in [0.717, 1.165) is 64.7 Å². The highest BCUT2D eigenvalue weighted by Gasteiger charge is 2.55. The van der Waals surface area contributed by atoms with Crippen molar-refractivity contribution < 1.29 is 91.2 Å². The number of carbonyl (C=O) groups excluding carboxylic acids is 8. The highest BCUT2D eigenvalue weighted by Crippen LogP contribution is 2.62. The van der Waals surface area contributed by atoms with E-state index in [4.69, 9.17) is 42.6 Å². The first-order chi connectivity index (χ1) is 47.4. The second-order valence-corrected chi connectivity index (χ2v) is 38.4. The van der Waals surface area contributed by atoms with Crippen LogP contribution in [0.1, 0.15) is 175 Å². The number of halogens is 8. The molecular formula is C73H105Br8N3O19. The molecule has 0 aliphatic carbocycles. The van der Waals surface area contributed by atoms with Gasteiger partial charge in [0.1, 0.15) is 64.2 Å². The van der Waals surface area contributed by atoms with Gasteiger partial charge in [0.05, 0.1) is 56.3 Å². The Morgan fingerprint density at radius 3 is 1.16 bits per heavy atom. The Balaban J connectivity index is 0.000000700. The number of phenols is 2. The second kappa shape index (κ2) is 44.7. The molecule has 2 unspecified atom stereocenters. The van der Waals surface area contributed by atoms with E-state index in [1.165, 1.54) is 0 Å². The van der Waals surface area contributed by atoms with Gasteiger partial charge in [-0.1, -0.05) is 129 Å². The summed E-state index contributed by atoms with van der Waals surface area (Å²) in [5, 5.41) is 20.8. The molecule has 0 fully saturated rings. The van der Waals surface area contributed by atoms with E-state index in [-0.39, 0.29) is 80.2 Å². The predicted molar refractivity (Wildman–Crippen MR) is 427 cm³/mol. The maximum atomic E-state index is 12.8. The summed E-state index contributed by atoms with van der Waals surface area (Å²) in [6.07, 6.45) is 5.66. The molecule has 0 saturated carbocycles. The number of hydrogen-bond donors (Lipinski definition) is 2. The third kappa shape index (κ3) is 31.8. The van der Waals surface area contributed by atoms with Crippen molar-refractivity contribution in [2.24, 2.45) is 10.8 Å². The summed E-state index contributed by atoms with van der Waals surface area (Å²) in [7, 11) is 10.6. The van der Waals surface area contributed by atoms with Crippen LogP contribution in [0.2, 0.25) is 0 Å². The molecule has 3 aromatic carbocycles. The van der Waals surface area contributed by atoms with Gasteiger partial charge in [-0.3, -0.25) is 28.8 Å². The average molecular weight is 1970 g/mol. The Morgan fingerprint density at radius 1 is 0.495 bits per heavy atom. The Kier molecular flexibility index (Phi) is 42.2. The number of benzene rings is 3. The summed E-state index contributed by atoms with van der Waals surface area (Å²) in [4.78, 5) is 103. The van der Waals surface area contributed by atoms with Crippen LogP contribution < -0.4 is 4.74 Å². The zero-order valence-corrected chi connectivity index (χ0v) is 75.5. The van der Waals surface area contributed by atoms with Gasteiger partial charge in [-0.15, -0.1) is 0 Å². The molecule has 103 heavy (non-hydrogen) atoms. The number of alkyl halides is 4. The number of esters is 8. The fourth-order valence-corrected chi connectivity index (χ4v) is 13.5. The van der Waals surface area contributed by atoms with Crippen molar-refractivity contribution in [2.75, 3.05) is 108 Å². The smallest absolute Gasteiger partial charge is 0.340 e. The molecule has 5 rings (SSSR count). The number of likely N-dealkylation sites (N-methyl/N-ethyl adjacent to an activating group) is 3. The molecule has 0 saturated heterocycles. The van der Waals surface area contributed by atoms with Crippen molar-refractivity contribution in [1.82, 2.24) is 14.7 Å². The molecule has 2 N–H and O–H groups in total. The van der Waals surface area contributed by atoms with E-state index in [2.05, 4.69) is 191 Å². The van der Waals surface area contributed by atoms with Crippen molar-refractivity contribution in [3.8, 4) is 23.0 Å². The summed E-state index contributed by atoms with van der Waals surface area (Å²) in [5.41, 5.74) is -0.683. The van der Waals surface area contributed by atoms with Crippen LogP contribution in [0.3, 0.4) is 0 Å². The summed E-state index contributed by atoms with van der Waals surface area (Å²) >= 11 is 26.6. The molecule has 2 aliphatic rings. The minimum Gasteiger partial charge on any atom is -0.505 e. The van der Waals surface area contributed by atoms with Crippen LogP contribution in [0.4, 0.5) is 0 Å². The van der Waals surface area contributed by atoms with E-state index in [9.17, 15) is 48.6 Å². The maximum Gasteiger partial charge on any atom is 0.340 e. The Labute approximate surface area is 676 Å². The van der Waals surface area contributed by atoms with Gasteiger partial charge in [0, 0.05) is 37.3 Å². The van der Waals surface area contributed by atoms with Gasteiger partial charge in [-0.25, -0.2) is 9.59 Å². The number of hydrogen-bond acceptors (Lipinski definition) is 22. The molecule has 0 radical (unpaired) electrons. The van der Waals surface area contributed by atoms with E-state index in [1.807, 2.05) is 26.0 Å². The van der Waals surface area contributed by atoms with Crippen LogP contribution >= 0.6 is 127 Å². The number of aromatic hydroxyl groups is 2. The Hall–Kier alpha value is -3.72. The number of phenolic OH excluding ortho intramolecular Hbond substituents is 2. The van der Waals surface area contributed by atoms with Crippen molar-refractivity contribution >= 4 is 175 Å².